The average Bonchev–Trinajstić information content (AvgIpc) is 0.812. The van der Waals surface area contributed by atoms with Crippen LogP contribution in [0, 0.1) is 94.7 Å². The van der Waals surface area contributed by atoms with E-state index in [1.807, 2.05) is 146 Å². The highest BCUT2D eigenvalue weighted by Gasteiger charge is 2.18. The van der Waals surface area contributed by atoms with E-state index in [0.29, 0.717) is 51.4 Å². The molecule has 0 saturated heterocycles. The Kier molecular flexibility index (Phi) is 21.4. The van der Waals surface area contributed by atoms with Gasteiger partial charge < -0.3 is 28.4 Å². The summed E-state index contributed by atoms with van der Waals surface area (Å²) in [7, 11) is 10.0. The monoisotopic (exact) mass is 1320 g/mol. The van der Waals surface area contributed by atoms with Crippen molar-refractivity contribution in [1.29, 1.82) is 0 Å². The lowest BCUT2D eigenvalue weighted by Gasteiger charge is -2.17. The molecule has 0 amide bonds. The smallest absolute Gasteiger partial charge is 0.118 e. The summed E-state index contributed by atoms with van der Waals surface area (Å²) in [6.45, 7) is 0. The molecular formula is C96H70O6. The first-order chi connectivity index (χ1) is 50.1. The van der Waals surface area contributed by atoms with Crippen LogP contribution in [0.2, 0.25) is 0 Å². The largest absolute Gasteiger partial charge is 0.497 e. The maximum Gasteiger partial charge on any atom is 0.118 e. The van der Waals surface area contributed by atoms with Crippen molar-refractivity contribution in [3.05, 3.63) is 352 Å². The summed E-state index contributed by atoms with van der Waals surface area (Å²) in [6, 6.07) is 73.5. The van der Waals surface area contributed by atoms with Crippen LogP contribution >= 0.6 is 0 Å². The molecule has 0 aliphatic heterocycles. The zero-order valence-electron chi connectivity index (χ0n) is 57.9. The zero-order valence-corrected chi connectivity index (χ0v) is 57.9. The third-order valence-corrected chi connectivity index (χ3v) is 18.1. The Labute approximate surface area is 600 Å². The first-order valence-electron chi connectivity index (χ1n) is 33.9. The standard InChI is InChI=1S/C96H70O6/c1-97-91-47-19-69(20-48-91)13-33-77-61-83-39-41-87-63-81(37-17-73-27-55-95(101-5)56-28-73)89(65-79(87)35-15-71-23-51-93(99-3)52-24-71)45-43-85(77)59-75(83)31-11-67-7-9-68(10-8-67)12-32-76-60-86-44-46-90-66-80(36-16-72-25-53-94(100-4)54-26-72)88(64-82(90)38-18-74-29-57-96(102-6)58-30-74)42-40-84(76)62-78(86)34-14-70-21-49-92(98-2)50-22-70/h7-10,19-30,47-66H,39-46H2,1-6H3. The van der Waals surface area contributed by atoms with Crippen molar-refractivity contribution in [1.82, 2.24) is 0 Å². The van der Waals surface area contributed by atoms with Crippen LogP contribution in [-0.4, -0.2) is 42.7 Å². The molecule has 8 bridgehead atoms. The molecule has 11 aromatic rings. The molecule has 8 aliphatic carbocycles. The van der Waals surface area contributed by atoms with Crippen LogP contribution in [0.25, 0.3) is 0 Å². The van der Waals surface area contributed by atoms with Gasteiger partial charge >= 0.3 is 0 Å². The second-order valence-electron chi connectivity index (χ2n) is 24.6. The van der Waals surface area contributed by atoms with E-state index in [-0.39, 0.29) is 0 Å². The number of hydrogen-bond donors (Lipinski definition) is 0. The van der Waals surface area contributed by atoms with Crippen LogP contribution < -0.4 is 28.4 Å². The van der Waals surface area contributed by atoms with Crippen LogP contribution in [0.1, 0.15) is 134 Å². The lowest BCUT2D eigenvalue weighted by molar-refractivity contribution is 0.414. The molecule has 8 aliphatic rings. The highest BCUT2D eigenvalue weighted by atomic mass is 16.5. The average molecular weight is 1320 g/mol. The Bertz CT molecular complexity index is 5160. The van der Waals surface area contributed by atoms with Crippen molar-refractivity contribution in [2.24, 2.45) is 0 Å². The van der Waals surface area contributed by atoms with E-state index in [1.54, 1.807) is 42.7 Å². The van der Waals surface area contributed by atoms with E-state index in [2.05, 4.69) is 168 Å². The Morgan fingerprint density at radius 1 is 0.157 bits per heavy atom. The Hall–Kier alpha value is -13.3. The number of aryl methyl sites for hydroxylation is 8. The summed E-state index contributed by atoms with van der Waals surface area (Å²) in [6.07, 6.45) is 5.52. The highest BCUT2D eigenvalue weighted by molar-refractivity contribution is 5.63. The number of benzene rings is 11. The van der Waals surface area contributed by atoms with Gasteiger partial charge in [0.15, 0.2) is 0 Å². The van der Waals surface area contributed by atoms with Gasteiger partial charge in [0, 0.05) is 89.0 Å². The first kappa shape index (κ1) is 67.3. The molecule has 11 aromatic carbocycles. The second-order valence-corrected chi connectivity index (χ2v) is 24.6. The van der Waals surface area contributed by atoms with Crippen molar-refractivity contribution in [2.45, 2.75) is 51.4 Å². The lowest BCUT2D eigenvalue weighted by Crippen LogP contribution is -2.07. The topological polar surface area (TPSA) is 55.4 Å². The van der Waals surface area contributed by atoms with Crippen molar-refractivity contribution in [3.8, 4) is 129 Å². The fraction of sp³-hybridized carbons (Fsp3) is 0.146. The van der Waals surface area contributed by atoms with Gasteiger partial charge in [0.1, 0.15) is 34.5 Å². The van der Waals surface area contributed by atoms with Gasteiger partial charge in [-0.15, -0.1) is 0 Å². The van der Waals surface area contributed by atoms with Crippen molar-refractivity contribution in [2.75, 3.05) is 42.7 Å². The molecule has 0 aromatic heterocycles. The summed E-state index contributed by atoms with van der Waals surface area (Å²) in [5.41, 5.74) is 23.8. The molecular weight excluding hydrogens is 1250 g/mol. The lowest BCUT2D eigenvalue weighted by atomic mass is 9.86. The van der Waals surface area contributed by atoms with Crippen LogP contribution in [0.5, 0.6) is 34.5 Å². The summed E-state index contributed by atoms with van der Waals surface area (Å²) >= 11 is 0. The van der Waals surface area contributed by atoms with Gasteiger partial charge in [-0.1, -0.05) is 94.7 Å². The minimum atomic E-state index is 0.685. The summed E-state index contributed by atoms with van der Waals surface area (Å²) < 4.78 is 32.7. The minimum absolute atomic E-state index is 0.685. The molecule has 6 heteroatoms. The fourth-order valence-corrected chi connectivity index (χ4v) is 12.2. The zero-order chi connectivity index (χ0) is 70.0. The number of methoxy groups -OCH3 is 6. The van der Waals surface area contributed by atoms with Crippen LogP contribution in [0.15, 0.2) is 218 Å². The van der Waals surface area contributed by atoms with Gasteiger partial charge in [0.05, 0.1) is 42.7 Å². The van der Waals surface area contributed by atoms with Gasteiger partial charge in [-0.25, -0.2) is 0 Å². The predicted octanol–water partition coefficient (Wildman–Crippen LogP) is 16.7. The Morgan fingerprint density at radius 2 is 0.265 bits per heavy atom. The van der Waals surface area contributed by atoms with Gasteiger partial charge in [-0.3, -0.25) is 0 Å². The minimum Gasteiger partial charge on any atom is -0.497 e. The van der Waals surface area contributed by atoms with Crippen LogP contribution in [0.4, 0.5) is 0 Å². The van der Waals surface area contributed by atoms with Gasteiger partial charge in [0.25, 0.3) is 0 Å². The molecule has 0 atom stereocenters. The third kappa shape index (κ3) is 17.1. The summed E-state index contributed by atoms with van der Waals surface area (Å²) in [5.74, 6) is 61.4. The van der Waals surface area contributed by atoms with Gasteiger partial charge in [0.2, 0.25) is 0 Å². The molecule has 0 unspecified atom stereocenters. The van der Waals surface area contributed by atoms with Crippen LogP contribution in [-0.2, 0) is 51.4 Å². The molecule has 0 spiro atoms. The van der Waals surface area contributed by atoms with E-state index in [1.165, 1.54) is 0 Å². The van der Waals surface area contributed by atoms with E-state index < -0.39 is 0 Å². The third-order valence-electron chi connectivity index (χ3n) is 18.1. The molecule has 0 radical (unpaired) electrons. The number of ether oxygens (including phenoxy) is 6. The number of hydrogen-bond acceptors (Lipinski definition) is 6. The summed E-state index contributed by atoms with van der Waals surface area (Å²) in [5, 5.41) is 0. The molecule has 19 rings (SSSR count). The normalized spacial score (nSPS) is 11.3. The van der Waals surface area contributed by atoms with Gasteiger partial charge in [-0.05, 0) is 314 Å². The summed E-state index contributed by atoms with van der Waals surface area (Å²) in [4.78, 5) is 0. The number of rotatable bonds is 6. The molecule has 0 fully saturated rings. The Morgan fingerprint density at radius 3 is 0.373 bits per heavy atom. The first-order valence-corrected chi connectivity index (χ1v) is 33.9. The van der Waals surface area contributed by atoms with E-state index in [0.717, 1.165) is 168 Å². The maximum absolute atomic E-state index is 5.47. The second kappa shape index (κ2) is 32.4. The Balaban J connectivity index is 0.839. The van der Waals surface area contributed by atoms with Crippen LogP contribution in [0.3, 0.4) is 0 Å². The van der Waals surface area contributed by atoms with Gasteiger partial charge in [-0.2, -0.15) is 0 Å². The molecule has 6 nitrogen and oxygen atoms in total. The molecule has 0 heterocycles. The predicted molar refractivity (Wildman–Crippen MR) is 408 cm³/mol. The van der Waals surface area contributed by atoms with Crippen molar-refractivity contribution in [3.63, 3.8) is 0 Å². The van der Waals surface area contributed by atoms with E-state index >= 15 is 0 Å². The molecule has 102 heavy (non-hydrogen) atoms. The molecule has 0 saturated carbocycles. The SMILES string of the molecule is COc1ccc(C#Cc2cc3c(C#Cc4ccc(OC)cc4)cc2CCc2cc(C#Cc4ccc(OC)cc4)c(cc2C#Cc2ccc(C#Cc4cc5c(C#Cc6ccc(OC)cc6)cc4CCc4cc(C#Cc6ccc(OC)cc6)c(cc4C#Cc4ccc(OC)cc4)CC5)cc2)CC3)cc1. The molecule has 0 N–H and O–H groups in total. The quantitative estimate of drug-likeness (QED) is 0.155. The molecule has 490 valence electrons. The van der Waals surface area contributed by atoms with E-state index in [9.17, 15) is 0 Å². The fourth-order valence-electron chi connectivity index (χ4n) is 12.2. The van der Waals surface area contributed by atoms with Crippen molar-refractivity contribution >= 4 is 0 Å². The van der Waals surface area contributed by atoms with Crippen molar-refractivity contribution < 1.29 is 28.4 Å². The van der Waals surface area contributed by atoms with E-state index in [4.69, 9.17) is 28.4 Å². The maximum atomic E-state index is 5.47. The highest BCUT2D eigenvalue weighted by Crippen LogP contribution is 2.30.